The van der Waals surface area contributed by atoms with Gasteiger partial charge in [-0.15, -0.1) is 0 Å². The van der Waals surface area contributed by atoms with Gasteiger partial charge in [0, 0.05) is 0 Å². The predicted octanol–water partition coefficient (Wildman–Crippen LogP) is 1.36. The lowest BCUT2D eigenvalue weighted by Gasteiger charge is -2.08. The maximum Gasteiger partial charge on any atom is 0.186 e. The topological polar surface area (TPSA) is 49.7 Å². The van der Waals surface area contributed by atoms with Gasteiger partial charge < -0.3 is 14.5 Å². The molecule has 0 fully saturated rings. The van der Waals surface area contributed by atoms with E-state index in [0.717, 1.165) is 0 Å². The zero-order valence-corrected chi connectivity index (χ0v) is 8.67. The van der Waals surface area contributed by atoms with Gasteiger partial charge in [-0.25, -0.2) is 0 Å². The van der Waals surface area contributed by atoms with Crippen molar-refractivity contribution in [2.24, 2.45) is 0 Å². The normalized spacial score (nSPS) is 11.2. The third-order valence-electron chi connectivity index (χ3n) is 1.39. The van der Waals surface area contributed by atoms with Crippen LogP contribution >= 0.6 is 6.49 Å². The Morgan fingerprint density at radius 3 is 2.38 bits per heavy atom. The highest BCUT2D eigenvalue weighted by Crippen LogP contribution is 2.34. The fourth-order valence-corrected chi connectivity index (χ4v) is 1.35. The van der Waals surface area contributed by atoms with Gasteiger partial charge in [-0.05, 0) is 23.9 Å². The second-order valence-electron chi connectivity index (χ2n) is 2.55. The van der Waals surface area contributed by atoms with E-state index >= 15 is 0 Å². The number of ether oxygens (including phenoxy) is 1. The van der Waals surface area contributed by atoms with Crippen molar-refractivity contribution in [1.29, 1.82) is 0 Å². The molecule has 2 N–H and O–H groups in total. The first-order chi connectivity index (χ1) is 6.08. The quantitative estimate of drug-likeness (QED) is 0.749. The molecule has 0 bridgehead atoms. The summed E-state index contributed by atoms with van der Waals surface area (Å²) in [6.07, 6.45) is 0.122. The molecule has 0 saturated carbocycles. The van der Waals surface area contributed by atoms with Crippen LogP contribution in [-0.2, 0) is 11.8 Å². The standard InChI is InChI=1S/C8H11O3PS/c9-12(10,13)7-6-11-8-4-2-1-3-5-8/h1-5H,6-7H2,(H2,9,10,13). The summed E-state index contributed by atoms with van der Waals surface area (Å²) < 4.78 is 5.22. The molecule has 13 heavy (non-hydrogen) atoms. The minimum Gasteiger partial charge on any atom is -0.493 e. The number of para-hydroxylation sites is 1. The Morgan fingerprint density at radius 2 is 1.85 bits per heavy atom. The van der Waals surface area contributed by atoms with Crippen molar-refractivity contribution in [3.63, 3.8) is 0 Å². The van der Waals surface area contributed by atoms with E-state index in [1.165, 1.54) is 0 Å². The molecule has 0 aliphatic heterocycles. The lowest BCUT2D eigenvalue weighted by atomic mass is 10.3. The minimum atomic E-state index is -3.09. The average molecular weight is 218 g/mol. The van der Waals surface area contributed by atoms with Gasteiger partial charge in [0.15, 0.2) is 6.49 Å². The average Bonchev–Trinajstić information content (AvgIpc) is 2.04. The number of benzene rings is 1. The van der Waals surface area contributed by atoms with Gasteiger partial charge in [-0.1, -0.05) is 18.2 Å². The third-order valence-corrected chi connectivity index (χ3v) is 2.71. The van der Waals surface area contributed by atoms with Crippen LogP contribution in [0.3, 0.4) is 0 Å². The fourth-order valence-electron chi connectivity index (χ4n) is 0.799. The van der Waals surface area contributed by atoms with Gasteiger partial charge in [0.05, 0.1) is 12.8 Å². The molecule has 0 radical (unpaired) electrons. The molecule has 1 aromatic rings. The predicted molar refractivity (Wildman–Crippen MR) is 55.5 cm³/mol. The zero-order chi connectivity index (χ0) is 9.73. The number of hydrogen-bond donors (Lipinski definition) is 2. The molecule has 0 aliphatic rings. The summed E-state index contributed by atoms with van der Waals surface area (Å²) in [5.41, 5.74) is 0. The van der Waals surface area contributed by atoms with E-state index in [2.05, 4.69) is 11.8 Å². The molecule has 0 saturated heterocycles. The van der Waals surface area contributed by atoms with Crippen LogP contribution in [0.15, 0.2) is 30.3 Å². The molecule has 1 rings (SSSR count). The molecular weight excluding hydrogens is 207 g/mol. The molecule has 0 atom stereocenters. The van der Waals surface area contributed by atoms with Crippen LogP contribution in [0, 0.1) is 0 Å². The van der Waals surface area contributed by atoms with Gasteiger partial charge in [0.2, 0.25) is 0 Å². The highest BCUT2D eigenvalue weighted by Gasteiger charge is 2.06. The highest BCUT2D eigenvalue weighted by molar-refractivity contribution is 8.09. The van der Waals surface area contributed by atoms with Crippen LogP contribution < -0.4 is 4.74 Å². The van der Waals surface area contributed by atoms with E-state index in [1.807, 2.05) is 18.2 Å². The molecule has 0 heterocycles. The van der Waals surface area contributed by atoms with Gasteiger partial charge in [0.1, 0.15) is 5.75 Å². The smallest absolute Gasteiger partial charge is 0.186 e. The SMILES string of the molecule is OP(O)(=S)CCOc1ccccc1. The van der Waals surface area contributed by atoms with E-state index < -0.39 is 6.49 Å². The Kier molecular flexibility index (Phi) is 3.88. The van der Waals surface area contributed by atoms with Crippen LogP contribution in [0.2, 0.25) is 0 Å². The van der Waals surface area contributed by atoms with Crippen molar-refractivity contribution < 1.29 is 14.5 Å². The zero-order valence-electron chi connectivity index (χ0n) is 6.96. The van der Waals surface area contributed by atoms with E-state index in [9.17, 15) is 0 Å². The molecule has 5 heteroatoms. The first-order valence-electron chi connectivity index (χ1n) is 3.80. The lowest BCUT2D eigenvalue weighted by molar-refractivity contribution is 0.334. The summed E-state index contributed by atoms with van der Waals surface area (Å²) in [5.74, 6) is 0.714. The van der Waals surface area contributed by atoms with E-state index in [0.29, 0.717) is 5.75 Å². The van der Waals surface area contributed by atoms with Crippen molar-refractivity contribution in [3.8, 4) is 5.75 Å². The molecule has 3 nitrogen and oxygen atoms in total. The summed E-state index contributed by atoms with van der Waals surface area (Å²) in [6, 6.07) is 9.19. The minimum absolute atomic E-state index is 0.122. The summed E-state index contributed by atoms with van der Waals surface area (Å²) in [6.45, 7) is -2.85. The second kappa shape index (κ2) is 4.72. The van der Waals surface area contributed by atoms with Gasteiger partial charge >= 0.3 is 0 Å². The first-order valence-corrected chi connectivity index (χ1v) is 6.70. The lowest BCUT2D eigenvalue weighted by Crippen LogP contribution is -2.02. The Balaban J connectivity index is 2.33. The molecule has 0 amide bonds. The van der Waals surface area contributed by atoms with Crippen molar-refractivity contribution in [2.45, 2.75) is 0 Å². The van der Waals surface area contributed by atoms with Crippen LogP contribution in [0.5, 0.6) is 5.75 Å². The second-order valence-corrected chi connectivity index (χ2v) is 6.08. The Labute approximate surface area is 82.2 Å². The third kappa shape index (κ3) is 5.01. The van der Waals surface area contributed by atoms with Crippen LogP contribution in [-0.4, -0.2) is 22.6 Å². The Bertz CT molecular complexity index is 296. The van der Waals surface area contributed by atoms with Crippen molar-refractivity contribution in [1.82, 2.24) is 0 Å². The van der Waals surface area contributed by atoms with E-state index in [1.54, 1.807) is 12.1 Å². The van der Waals surface area contributed by atoms with E-state index in [-0.39, 0.29) is 12.8 Å². The molecule has 0 aliphatic carbocycles. The monoisotopic (exact) mass is 218 g/mol. The Hall–Kier alpha value is -0.410. The summed E-state index contributed by atoms with van der Waals surface area (Å²) in [7, 11) is 0. The molecule has 0 spiro atoms. The van der Waals surface area contributed by atoms with Crippen LogP contribution in [0.4, 0.5) is 0 Å². The van der Waals surface area contributed by atoms with Crippen LogP contribution in [0.25, 0.3) is 0 Å². The van der Waals surface area contributed by atoms with Gasteiger partial charge in [-0.2, -0.15) is 0 Å². The summed E-state index contributed by atoms with van der Waals surface area (Å²) >= 11 is 4.44. The molecule has 1 aromatic carbocycles. The maximum absolute atomic E-state index is 8.90. The van der Waals surface area contributed by atoms with Crippen molar-refractivity contribution in [3.05, 3.63) is 30.3 Å². The molecule has 72 valence electrons. The first kappa shape index (κ1) is 10.7. The largest absolute Gasteiger partial charge is 0.493 e. The molecule has 0 unspecified atom stereocenters. The highest BCUT2D eigenvalue weighted by atomic mass is 32.5. The summed E-state index contributed by atoms with van der Waals surface area (Å²) in [5, 5.41) is 0. The van der Waals surface area contributed by atoms with Crippen molar-refractivity contribution in [2.75, 3.05) is 12.8 Å². The Morgan fingerprint density at radius 1 is 1.23 bits per heavy atom. The summed E-state index contributed by atoms with van der Waals surface area (Å²) in [4.78, 5) is 17.8. The molecular formula is C8H11O3PS. The van der Waals surface area contributed by atoms with Crippen molar-refractivity contribution >= 4 is 18.3 Å². The van der Waals surface area contributed by atoms with Gasteiger partial charge in [0.25, 0.3) is 0 Å². The molecule has 0 aromatic heterocycles. The fraction of sp³-hybridized carbons (Fsp3) is 0.250. The number of rotatable bonds is 4. The maximum atomic E-state index is 8.90. The van der Waals surface area contributed by atoms with Gasteiger partial charge in [-0.3, -0.25) is 0 Å². The van der Waals surface area contributed by atoms with E-state index in [4.69, 9.17) is 14.5 Å². The van der Waals surface area contributed by atoms with Crippen LogP contribution in [0.1, 0.15) is 0 Å². The number of hydrogen-bond acceptors (Lipinski definition) is 2.